The highest BCUT2D eigenvalue weighted by molar-refractivity contribution is 7.12. The third-order valence-corrected chi connectivity index (χ3v) is 5.59. The summed E-state index contributed by atoms with van der Waals surface area (Å²) in [7, 11) is 5.81. The second-order valence-electron chi connectivity index (χ2n) is 6.05. The Kier molecular flexibility index (Phi) is 5.79. The zero-order valence-corrected chi connectivity index (χ0v) is 14.1. The zero-order chi connectivity index (χ0) is 15.3. The third-order valence-electron chi connectivity index (χ3n) is 4.50. The first-order valence-corrected chi connectivity index (χ1v) is 8.40. The molecule has 0 aromatic carbocycles. The predicted molar refractivity (Wildman–Crippen MR) is 86.6 cm³/mol. The number of carbonyl (C=O) groups excluding carboxylic acids is 1. The molecule has 2 rings (SSSR count). The lowest BCUT2D eigenvalue weighted by Crippen LogP contribution is -2.49. The molecule has 4 nitrogen and oxygen atoms in total. The number of rotatable bonds is 7. The van der Waals surface area contributed by atoms with Gasteiger partial charge in [0.05, 0.1) is 13.5 Å². The Balaban J connectivity index is 1.82. The fourth-order valence-electron chi connectivity index (χ4n) is 3.06. The van der Waals surface area contributed by atoms with E-state index in [4.69, 9.17) is 4.74 Å². The quantitative estimate of drug-likeness (QED) is 0.785. The van der Waals surface area contributed by atoms with Gasteiger partial charge >= 0.3 is 5.97 Å². The monoisotopic (exact) mass is 310 g/mol. The van der Waals surface area contributed by atoms with Crippen molar-refractivity contribution in [2.24, 2.45) is 0 Å². The second-order valence-corrected chi connectivity index (χ2v) is 7.30. The van der Waals surface area contributed by atoms with Gasteiger partial charge in [-0.05, 0) is 39.1 Å². The topological polar surface area (TPSA) is 41.6 Å². The minimum atomic E-state index is -0.172. The van der Waals surface area contributed by atoms with Gasteiger partial charge in [0.15, 0.2) is 0 Å². The summed E-state index contributed by atoms with van der Waals surface area (Å²) in [6.45, 7) is 1.91. The molecule has 1 aromatic heterocycles. The van der Waals surface area contributed by atoms with E-state index in [1.165, 1.54) is 37.7 Å². The summed E-state index contributed by atoms with van der Waals surface area (Å²) in [5.41, 5.74) is 0.326. The van der Waals surface area contributed by atoms with Crippen molar-refractivity contribution in [3.05, 3.63) is 21.9 Å². The molecule has 1 heterocycles. The lowest BCUT2D eigenvalue weighted by molar-refractivity contribution is -0.139. The second kappa shape index (κ2) is 7.38. The van der Waals surface area contributed by atoms with E-state index >= 15 is 0 Å². The summed E-state index contributed by atoms with van der Waals surface area (Å²) in [6, 6.07) is 4.13. The van der Waals surface area contributed by atoms with Gasteiger partial charge < -0.3 is 15.0 Å². The van der Waals surface area contributed by atoms with Crippen molar-refractivity contribution in [1.29, 1.82) is 0 Å². The summed E-state index contributed by atoms with van der Waals surface area (Å²) >= 11 is 1.69. The summed E-state index contributed by atoms with van der Waals surface area (Å²) in [5.74, 6) is -0.172. The Bertz CT molecular complexity index is 465. The molecule has 1 N–H and O–H groups in total. The van der Waals surface area contributed by atoms with Crippen LogP contribution in [0, 0.1) is 0 Å². The van der Waals surface area contributed by atoms with E-state index in [2.05, 4.69) is 30.4 Å². The molecule has 1 fully saturated rings. The lowest BCUT2D eigenvalue weighted by atomic mass is 9.96. The van der Waals surface area contributed by atoms with Crippen LogP contribution in [-0.2, 0) is 22.5 Å². The SMILES string of the molecule is COC(=O)Cc1ccc(CNCC2(N(C)C)CCCC2)s1. The number of hydrogen-bond donors (Lipinski definition) is 1. The average Bonchev–Trinajstić information content (AvgIpc) is 3.09. The Morgan fingerprint density at radius 3 is 2.62 bits per heavy atom. The van der Waals surface area contributed by atoms with E-state index in [1.807, 2.05) is 6.07 Å². The molecule has 5 heteroatoms. The lowest BCUT2D eigenvalue weighted by Gasteiger charge is -2.36. The highest BCUT2D eigenvalue weighted by atomic mass is 32.1. The number of hydrogen-bond acceptors (Lipinski definition) is 5. The smallest absolute Gasteiger partial charge is 0.310 e. The van der Waals surface area contributed by atoms with Gasteiger partial charge in [-0.2, -0.15) is 0 Å². The maximum atomic E-state index is 11.3. The van der Waals surface area contributed by atoms with Crippen molar-refractivity contribution >= 4 is 17.3 Å². The van der Waals surface area contributed by atoms with Crippen LogP contribution >= 0.6 is 11.3 Å². The van der Waals surface area contributed by atoms with E-state index in [-0.39, 0.29) is 5.97 Å². The molecule has 0 bridgehead atoms. The van der Waals surface area contributed by atoms with Gasteiger partial charge in [0, 0.05) is 28.4 Å². The number of thiophene rings is 1. The Morgan fingerprint density at radius 1 is 1.33 bits per heavy atom. The van der Waals surface area contributed by atoms with E-state index in [0.717, 1.165) is 18.0 Å². The molecular formula is C16H26N2O2S. The standard InChI is InChI=1S/C16H26N2O2S/c1-18(2)16(8-4-5-9-16)12-17-11-14-7-6-13(21-14)10-15(19)20-3/h6-7,17H,4-5,8-12H2,1-3H3. The maximum Gasteiger partial charge on any atom is 0.310 e. The number of nitrogens with zero attached hydrogens (tertiary/aromatic N) is 1. The van der Waals surface area contributed by atoms with Crippen LogP contribution in [0.1, 0.15) is 35.4 Å². The Hall–Kier alpha value is -0.910. The number of ether oxygens (including phenoxy) is 1. The molecule has 0 atom stereocenters. The maximum absolute atomic E-state index is 11.3. The van der Waals surface area contributed by atoms with E-state index in [0.29, 0.717) is 12.0 Å². The summed E-state index contributed by atoms with van der Waals surface area (Å²) < 4.78 is 4.70. The predicted octanol–water partition coefficient (Wildman–Crippen LogP) is 2.43. The van der Waals surface area contributed by atoms with E-state index in [1.54, 1.807) is 11.3 Å². The first-order chi connectivity index (χ1) is 10.1. The molecule has 1 aliphatic carbocycles. The van der Waals surface area contributed by atoms with Gasteiger partial charge in [0.2, 0.25) is 0 Å². The molecule has 0 radical (unpaired) electrons. The van der Waals surface area contributed by atoms with Gasteiger partial charge in [-0.15, -0.1) is 11.3 Å². The van der Waals surface area contributed by atoms with Crippen LogP contribution in [0.4, 0.5) is 0 Å². The van der Waals surface area contributed by atoms with Gasteiger partial charge in [0.25, 0.3) is 0 Å². The minimum Gasteiger partial charge on any atom is -0.469 e. The molecule has 0 aliphatic heterocycles. The van der Waals surface area contributed by atoms with Crippen molar-refractivity contribution < 1.29 is 9.53 Å². The first-order valence-electron chi connectivity index (χ1n) is 7.58. The third kappa shape index (κ3) is 4.28. The summed E-state index contributed by atoms with van der Waals surface area (Å²) in [4.78, 5) is 16.0. The minimum absolute atomic E-state index is 0.172. The molecule has 118 valence electrons. The number of methoxy groups -OCH3 is 1. The van der Waals surface area contributed by atoms with Crippen LogP contribution in [0.5, 0.6) is 0 Å². The fraction of sp³-hybridized carbons (Fsp3) is 0.688. The highest BCUT2D eigenvalue weighted by Gasteiger charge is 2.35. The Labute approximate surface area is 131 Å². The van der Waals surface area contributed by atoms with Crippen LogP contribution in [0.2, 0.25) is 0 Å². The van der Waals surface area contributed by atoms with E-state index in [9.17, 15) is 4.79 Å². The van der Waals surface area contributed by atoms with Gasteiger partial charge in [-0.1, -0.05) is 12.8 Å². The number of esters is 1. The van der Waals surface area contributed by atoms with Gasteiger partial charge in [-0.3, -0.25) is 4.79 Å². The van der Waals surface area contributed by atoms with Crippen LogP contribution in [-0.4, -0.2) is 44.2 Å². The molecule has 0 unspecified atom stereocenters. The van der Waals surface area contributed by atoms with Crippen LogP contribution in [0.3, 0.4) is 0 Å². The Morgan fingerprint density at radius 2 is 2.00 bits per heavy atom. The molecule has 21 heavy (non-hydrogen) atoms. The fourth-order valence-corrected chi connectivity index (χ4v) is 4.03. The number of carbonyl (C=O) groups is 1. The van der Waals surface area contributed by atoms with Gasteiger partial charge in [-0.25, -0.2) is 0 Å². The first kappa shape index (κ1) is 16.5. The van der Waals surface area contributed by atoms with Crippen molar-refractivity contribution in [3.8, 4) is 0 Å². The summed E-state index contributed by atoms with van der Waals surface area (Å²) in [6.07, 6.45) is 5.61. The molecule has 1 saturated carbocycles. The molecule has 0 saturated heterocycles. The highest BCUT2D eigenvalue weighted by Crippen LogP contribution is 2.33. The molecule has 1 aliphatic rings. The average molecular weight is 310 g/mol. The van der Waals surface area contributed by atoms with Crippen LogP contribution in [0.15, 0.2) is 12.1 Å². The van der Waals surface area contributed by atoms with Crippen molar-refractivity contribution in [2.75, 3.05) is 27.7 Å². The zero-order valence-electron chi connectivity index (χ0n) is 13.3. The summed E-state index contributed by atoms with van der Waals surface area (Å²) in [5, 5.41) is 3.60. The van der Waals surface area contributed by atoms with Gasteiger partial charge in [0.1, 0.15) is 0 Å². The number of nitrogens with one attached hydrogen (secondary N) is 1. The van der Waals surface area contributed by atoms with Crippen molar-refractivity contribution in [2.45, 2.75) is 44.2 Å². The van der Waals surface area contributed by atoms with Crippen molar-refractivity contribution in [3.63, 3.8) is 0 Å². The normalized spacial score (nSPS) is 17.3. The molecular weight excluding hydrogens is 284 g/mol. The molecule has 1 aromatic rings. The van der Waals surface area contributed by atoms with Crippen LogP contribution in [0.25, 0.3) is 0 Å². The van der Waals surface area contributed by atoms with Crippen LogP contribution < -0.4 is 5.32 Å². The van der Waals surface area contributed by atoms with Crippen molar-refractivity contribution in [1.82, 2.24) is 10.2 Å². The molecule has 0 spiro atoms. The van der Waals surface area contributed by atoms with E-state index < -0.39 is 0 Å². The largest absolute Gasteiger partial charge is 0.469 e. The molecule has 0 amide bonds. The number of likely N-dealkylation sites (N-methyl/N-ethyl adjacent to an activating group) is 1.